The minimum absolute atomic E-state index is 0.141. The Bertz CT molecular complexity index is 289. The molecule has 2 fully saturated rings. The Balaban J connectivity index is 2.02. The van der Waals surface area contributed by atoms with Crippen LogP contribution in [0.3, 0.4) is 0 Å². The zero-order chi connectivity index (χ0) is 11.6. The summed E-state index contributed by atoms with van der Waals surface area (Å²) in [6.45, 7) is 6.09. The lowest BCUT2D eigenvalue weighted by Crippen LogP contribution is -2.54. The lowest BCUT2D eigenvalue weighted by Gasteiger charge is -2.27. The monoisotopic (exact) mass is 224 g/mol. The molecule has 1 heterocycles. The number of nitrogens with one attached hydrogen (secondary N) is 1. The van der Waals surface area contributed by atoms with Gasteiger partial charge in [-0.05, 0) is 19.3 Å². The van der Waals surface area contributed by atoms with Gasteiger partial charge in [-0.15, -0.1) is 6.58 Å². The van der Waals surface area contributed by atoms with Gasteiger partial charge >= 0.3 is 5.97 Å². The van der Waals surface area contributed by atoms with Crippen LogP contribution in [0.25, 0.3) is 0 Å². The third-order valence-corrected chi connectivity index (χ3v) is 3.52. The maximum atomic E-state index is 11.9. The summed E-state index contributed by atoms with van der Waals surface area (Å²) in [6, 6.07) is 0.706. The van der Waals surface area contributed by atoms with Crippen LogP contribution in [-0.2, 0) is 9.53 Å². The first-order chi connectivity index (χ1) is 7.72. The van der Waals surface area contributed by atoms with Gasteiger partial charge in [-0.2, -0.15) is 0 Å². The molecule has 0 amide bonds. The van der Waals surface area contributed by atoms with Gasteiger partial charge in [0.2, 0.25) is 0 Å². The number of rotatable bonds is 5. The second-order valence-corrected chi connectivity index (χ2v) is 4.69. The van der Waals surface area contributed by atoms with E-state index in [1.165, 1.54) is 20.0 Å². The van der Waals surface area contributed by atoms with E-state index < -0.39 is 5.54 Å². The Hall–Kier alpha value is -0.870. The molecule has 1 atom stereocenters. The van der Waals surface area contributed by atoms with E-state index in [1.807, 2.05) is 0 Å². The van der Waals surface area contributed by atoms with Crippen LogP contribution in [0.15, 0.2) is 12.7 Å². The molecule has 0 radical (unpaired) electrons. The molecule has 4 heteroatoms. The molecule has 1 N–H and O–H groups in total. The number of hydrogen-bond acceptors (Lipinski definition) is 4. The summed E-state index contributed by atoms with van der Waals surface area (Å²) in [5.74, 6) is -0.141. The van der Waals surface area contributed by atoms with E-state index in [2.05, 4.69) is 16.8 Å². The number of carbonyl (C=O) groups excluding carboxylic acids is 1. The van der Waals surface area contributed by atoms with E-state index in [1.54, 1.807) is 6.08 Å². The van der Waals surface area contributed by atoms with E-state index in [0.29, 0.717) is 12.6 Å². The Morgan fingerprint density at radius 3 is 3.00 bits per heavy atom. The second-order valence-electron chi connectivity index (χ2n) is 4.69. The quantitative estimate of drug-likeness (QED) is 0.547. The molecule has 1 saturated heterocycles. The van der Waals surface area contributed by atoms with Crippen LogP contribution in [0.1, 0.15) is 19.3 Å². The van der Waals surface area contributed by atoms with Crippen LogP contribution in [0.5, 0.6) is 0 Å². The van der Waals surface area contributed by atoms with Gasteiger partial charge in [0.25, 0.3) is 0 Å². The van der Waals surface area contributed by atoms with Gasteiger partial charge in [-0.3, -0.25) is 15.0 Å². The Labute approximate surface area is 96.6 Å². The predicted molar refractivity (Wildman–Crippen MR) is 62.2 cm³/mol. The molecule has 2 rings (SSSR count). The fourth-order valence-corrected chi connectivity index (χ4v) is 2.44. The lowest BCUT2D eigenvalue weighted by molar-refractivity contribution is -0.148. The zero-order valence-electron chi connectivity index (χ0n) is 9.87. The maximum absolute atomic E-state index is 11.9. The zero-order valence-corrected chi connectivity index (χ0v) is 9.87. The average Bonchev–Trinajstić information content (AvgIpc) is 3.07. The smallest absolute Gasteiger partial charge is 0.327 e. The van der Waals surface area contributed by atoms with Crippen LogP contribution in [0.2, 0.25) is 0 Å². The SMILES string of the molecule is C=CCNC1(C(=O)OC)CCN(C2CC2)C1. The molecule has 90 valence electrons. The van der Waals surface area contributed by atoms with Crippen molar-refractivity contribution in [3.63, 3.8) is 0 Å². The van der Waals surface area contributed by atoms with Gasteiger partial charge in [0.05, 0.1) is 7.11 Å². The van der Waals surface area contributed by atoms with Crippen molar-refractivity contribution < 1.29 is 9.53 Å². The topological polar surface area (TPSA) is 41.6 Å². The minimum atomic E-state index is -0.508. The van der Waals surface area contributed by atoms with Crippen LogP contribution in [-0.4, -0.2) is 49.2 Å². The van der Waals surface area contributed by atoms with E-state index in [-0.39, 0.29) is 5.97 Å². The number of hydrogen-bond donors (Lipinski definition) is 1. The summed E-state index contributed by atoms with van der Waals surface area (Å²) in [7, 11) is 1.46. The molecule has 0 spiro atoms. The lowest BCUT2D eigenvalue weighted by atomic mass is 9.99. The first kappa shape index (κ1) is 11.6. The highest BCUT2D eigenvalue weighted by atomic mass is 16.5. The highest BCUT2D eigenvalue weighted by Crippen LogP contribution is 2.33. The van der Waals surface area contributed by atoms with Crippen molar-refractivity contribution in [3.05, 3.63) is 12.7 Å². The normalized spacial score (nSPS) is 30.3. The maximum Gasteiger partial charge on any atom is 0.327 e. The predicted octanol–water partition coefficient (Wildman–Crippen LogP) is 0.542. The van der Waals surface area contributed by atoms with Gasteiger partial charge in [0, 0.05) is 25.7 Å². The van der Waals surface area contributed by atoms with Crippen molar-refractivity contribution >= 4 is 5.97 Å². The van der Waals surface area contributed by atoms with Crippen molar-refractivity contribution in [3.8, 4) is 0 Å². The van der Waals surface area contributed by atoms with E-state index in [9.17, 15) is 4.79 Å². The molecule has 0 aromatic rings. The van der Waals surface area contributed by atoms with Crippen molar-refractivity contribution in [1.29, 1.82) is 0 Å². The Morgan fingerprint density at radius 1 is 1.69 bits per heavy atom. The van der Waals surface area contributed by atoms with E-state index in [4.69, 9.17) is 4.74 Å². The molecule has 0 aromatic carbocycles. The number of methoxy groups -OCH3 is 1. The van der Waals surface area contributed by atoms with Crippen LogP contribution >= 0.6 is 0 Å². The summed E-state index contributed by atoms with van der Waals surface area (Å²) < 4.78 is 4.92. The Kier molecular flexibility index (Phi) is 3.30. The fraction of sp³-hybridized carbons (Fsp3) is 0.750. The second kappa shape index (κ2) is 4.55. The molecule has 2 aliphatic rings. The number of nitrogens with zero attached hydrogens (tertiary/aromatic N) is 1. The first-order valence-corrected chi connectivity index (χ1v) is 5.90. The van der Waals surface area contributed by atoms with Gasteiger partial charge < -0.3 is 4.74 Å². The largest absolute Gasteiger partial charge is 0.468 e. The molecule has 1 unspecified atom stereocenters. The van der Waals surface area contributed by atoms with Gasteiger partial charge in [-0.1, -0.05) is 6.08 Å². The Morgan fingerprint density at radius 2 is 2.44 bits per heavy atom. The highest BCUT2D eigenvalue weighted by molar-refractivity contribution is 5.81. The summed E-state index contributed by atoms with van der Waals surface area (Å²) in [6.07, 6.45) is 5.17. The number of esters is 1. The molecular weight excluding hydrogens is 204 g/mol. The van der Waals surface area contributed by atoms with Crippen LogP contribution in [0, 0.1) is 0 Å². The number of ether oxygens (including phenoxy) is 1. The molecule has 0 aromatic heterocycles. The minimum Gasteiger partial charge on any atom is -0.468 e. The molecule has 16 heavy (non-hydrogen) atoms. The summed E-state index contributed by atoms with van der Waals surface area (Å²) in [5.41, 5.74) is -0.508. The van der Waals surface area contributed by atoms with Crippen molar-refractivity contribution in [2.75, 3.05) is 26.7 Å². The fourth-order valence-electron chi connectivity index (χ4n) is 2.44. The molecule has 0 bridgehead atoms. The average molecular weight is 224 g/mol. The summed E-state index contributed by atoms with van der Waals surface area (Å²) >= 11 is 0. The third-order valence-electron chi connectivity index (χ3n) is 3.52. The number of likely N-dealkylation sites (tertiary alicyclic amines) is 1. The van der Waals surface area contributed by atoms with Crippen LogP contribution in [0.4, 0.5) is 0 Å². The molecular formula is C12H20N2O2. The molecule has 1 aliphatic carbocycles. The molecule has 1 aliphatic heterocycles. The molecule has 4 nitrogen and oxygen atoms in total. The first-order valence-electron chi connectivity index (χ1n) is 5.90. The summed E-state index contributed by atoms with van der Waals surface area (Å²) in [5, 5.41) is 3.27. The van der Waals surface area contributed by atoms with Gasteiger partial charge in [0.1, 0.15) is 5.54 Å². The van der Waals surface area contributed by atoms with Crippen molar-refractivity contribution in [1.82, 2.24) is 10.2 Å². The molecule has 1 saturated carbocycles. The van der Waals surface area contributed by atoms with Crippen molar-refractivity contribution in [2.24, 2.45) is 0 Å². The number of carbonyl (C=O) groups is 1. The van der Waals surface area contributed by atoms with E-state index >= 15 is 0 Å². The standard InChI is InChI=1S/C12H20N2O2/c1-3-7-13-12(11(15)16-2)6-8-14(9-12)10-4-5-10/h3,10,13H,1,4-9H2,2H3. The van der Waals surface area contributed by atoms with Crippen molar-refractivity contribution in [2.45, 2.75) is 30.8 Å². The van der Waals surface area contributed by atoms with Gasteiger partial charge in [-0.25, -0.2) is 0 Å². The van der Waals surface area contributed by atoms with Gasteiger partial charge in [0.15, 0.2) is 0 Å². The van der Waals surface area contributed by atoms with Crippen LogP contribution < -0.4 is 5.32 Å². The summed E-state index contributed by atoms with van der Waals surface area (Å²) in [4.78, 5) is 14.3. The van der Waals surface area contributed by atoms with E-state index in [0.717, 1.165) is 19.5 Å². The highest BCUT2D eigenvalue weighted by Gasteiger charge is 2.48. The third kappa shape index (κ3) is 2.13.